The van der Waals surface area contributed by atoms with Crippen LogP contribution in [0.25, 0.3) is 11.3 Å². The molecule has 126 valence electrons. The SMILES string of the molecule is Cc1cccc(-c2csc(N(Cc3ccccc3)C(=O)C(=O)O)n2)c1. The van der Waals surface area contributed by atoms with Gasteiger partial charge in [0.25, 0.3) is 0 Å². The Hall–Kier alpha value is -2.99. The summed E-state index contributed by atoms with van der Waals surface area (Å²) in [7, 11) is 0. The van der Waals surface area contributed by atoms with E-state index in [-0.39, 0.29) is 6.54 Å². The molecule has 3 rings (SSSR count). The van der Waals surface area contributed by atoms with Crippen LogP contribution in [0.4, 0.5) is 5.13 Å². The van der Waals surface area contributed by atoms with Crippen LogP contribution in [0.2, 0.25) is 0 Å². The highest BCUT2D eigenvalue weighted by atomic mass is 32.1. The molecule has 0 aliphatic rings. The van der Waals surface area contributed by atoms with E-state index in [1.165, 1.54) is 16.2 Å². The van der Waals surface area contributed by atoms with E-state index < -0.39 is 11.9 Å². The number of rotatable bonds is 4. The number of carboxylic acids is 1. The molecule has 1 heterocycles. The molecule has 0 saturated carbocycles. The molecule has 0 spiro atoms. The minimum absolute atomic E-state index is 0.159. The lowest BCUT2D eigenvalue weighted by molar-refractivity contribution is -0.148. The van der Waals surface area contributed by atoms with Crippen molar-refractivity contribution >= 4 is 28.3 Å². The number of aromatic nitrogens is 1. The summed E-state index contributed by atoms with van der Waals surface area (Å²) in [6.07, 6.45) is 0. The van der Waals surface area contributed by atoms with Crippen molar-refractivity contribution in [3.8, 4) is 11.3 Å². The number of benzene rings is 2. The molecule has 0 radical (unpaired) electrons. The summed E-state index contributed by atoms with van der Waals surface area (Å²) in [5.74, 6) is -2.49. The van der Waals surface area contributed by atoms with Gasteiger partial charge in [-0.25, -0.2) is 9.78 Å². The van der Waals surface area contributed by atoms with Crippen molar-refractivity contribution in [1.82, 2.24) is 4.98 Å². The smallest absolute Gasteiger partial charge is 0.395 e. The monoisotopic (exact) mass is 352 g/mol. The molecule has 6 heteroatoms. The summed E-state index contributed by atoms with van der Waals surface area (Å²) in [5, 5.41) is 11.3. The number of carbonyl (C=O) groups excluding carboxylic acids is 1. The normalized spacial score (nSPS) is 10.4. The van der Waals surface area contributed by atoms with Gasteiger partial charge in [-0.1, -0.05) is 54.1 Å². The fourth-order valence-electron chi connectivity index (χ4n) is 2.43. The minimum atomic E-state index is -1.50. The Morgan fingerprint density at radius 2 is 1.88 bits per heavy atom. The molecular formula is C19H16N2O3S. The fraction of sp³-hybridized carbons (Fsp3) is 0.105. The Kier molecular flexibility index (Phi) is 4.90. The van der Waals surface area contributed by atoms with Crippen LogP contribution in [0.5, 0.6) is 0 Å². The van der Waals surface area contributed by atoms with Crippen LogP contribution < -0.4 is 4.90 Å². The number of thiazole rings is 1. The van der Waals surface area contributed by atoms with Gasteiger partial charge in [0.15, 0.2) is 5.13 Å². The molecule has 0 atom stereocenters. The van der Waals surface area contributed by atoms with E-state index >= 15 is 0 Å². The molecule has 0 aliphatic carbocycles. The van der Waals surface area contributed by atoms with Crippen LogP contribution in [-0.4, -0.2) is 22.0 Å². The van der Waals surface area contributed by atoms with Crippen LogP contribution in [0.1, 0.15) is 11.1 Å². The van der Waals surface area contributed by atoms with Gasteiger partial charge in [-0.2, -0.15) is 0 Å². The lowest BCUT2D eigenvalue weighted by Gasteiger charge is -2.17. The van der Waals surface area contributed by atoms with Crippen molar-refractivity contribution < 1.29 is 14.7 Å². The topological polar surface area (TPSA) is 70.5 Å². The Morgan fingerprint density at radius 3 is 2.56 bits per heavy atom. The van der Waals surface area contributed by atoms with Crippen LogP contribution in [0.15, 0.2) is 60.0 Å². The van der Waals surface area contributed by atoms with E-state index in [4.69, 9.17) is 5.11 Å². The Labute approximate surface area is 149 Å². The van der Waals surface area contributed by atoms with Gasteiger partial charge in [-0.3, -0.25) is 9.69 Å². The molecule has 1 aromatic heterocycles. The summed E-state index contributed by atoms with van der Waals surface area (Å²) in [5.41, 5.74) is 3.60. The highest BCUT2D eigenvalue weighted by Crippen LogP contribution is 2.29. The molecule has 3 aromatic rings. The zero-order valence-corrected chi connectivity index (χ0v) is 14.4. The average Bonchev–Trinajstić information content (AvgIpc) is 3.10. The summed E-state index contributed by atoms with van der Waals surface area (Å²) < 4.78 is 0. The number of hydrogen-bond donors (Lipinski definition) is 1. The first kappa shape index (κ1) is 16.9. The lowest BCUT2D eigenvalue weighted by atomic mass is 10.1. The predicted molar refractivity (Wildman–Crippen MR) is 97.6 cm³/mol. The molecule has 25 heavy (non-hydrogen) atoms. The molecule has 0 saturated heterocycles. The summed E-state index contributed by atoms with van der Waals surface area (Å²) in [4.78, 5) is 29.0. The van der Waals surface area contributed by atoms with Gasteiger partial charge in [0.1, 0.15) is 0 Å². The molecule has 1 N–H and O–H groups in total. The Bertz CT molecular complexity index is 906. The number of hydrogen-bond acceptors (Lipinski definition) is 4. The number of anilines is 1. The molecule has 0 aliphatic heterocycles. The number of nitrogens with zero attached hydrogens (tertiary/aromatic N) is 2. The number of carbonyl (C=O) groups is 2. The predicted octanol–water partition coefficient (Wildman–Crippen LogP) is 3.74. The van der Waals surface area contributed by atoms with Gasteiger partial charge < -0.3 is 5.11 Å². The molecule has 0 bridgehead atoms. The molecule has 5 nitrogen and oxygen atoms in total. The first-order valence-corrected chi connectivity index (χ1v) is 8.54. The molecular weight excluding hydrogens is 336 g/mol. The fourth-order valence-corrected chi connectivity index (χ4v) is 3.26. The Morgan fingerprint density at radius 1 is 1.12 bits per heavy atom. The van der Waals surface area contributed by atoms with E-state index in [1.54, 1.807) is 0 Å². The maximum atomic E-state index is 12.1. The summed E-state index contributed by atoms with van der Waals surface area (Å²) in [6.45, 7) is 2.15. The highest BCUT2D eigenvalue weighted by molar-refractivity contribution is 7.14. The summed E-state index contributed by atoms with van der Waals surface area (Å²) in [6, 6.07) is 17.1. The molecule has 1 amide bonds. The third kappa shape index (κ3) is 3.92. The van der Waals surface area contributed by atoms with Gasteiger partial charge in [-0.15, -0.1) is 11.3 Å². The minimum Gasteiger partial charge on any atom is -0.474 e. The van der Waals surface area contributed by atoms with Crippen LogP contribution in [-0.2, 0) is 16.1 Å². The standard InChI is InChI=1S/C19H16N2O3S/c1-13-6-5-9-15(10-13)16-12-25-19(20-16)21(17(22)18(23)24)11-14-7-3-2-4-8-14/h2-10,12H,11H2,1H3,(H,23,24). The zero-order valence-electron chi connectivity index (χ0n) is 13.5. The quantitative estimate of drug-likeness (QED) is 0.726. The first-order chi connectivity index (χ1) is 12.0. The highest BCUT2D eigenvalue weighted by Gasteiger charge is 2.25. The molecule has 0 fully saturated rings. The number of aryl methyl sites for hydroxylation is 1. The van der Waals surface area contributed by atoms with Crippen molar-refractivity contribution in [2.45, 2.75) is 13.5 Å². The second kappa shape index (κ2) is 7.27. The third-order valence-electron chi connectivity index (χ3n) is 3.65. The van der Waals surface area contributed by atoms with Crippen molar-refractivity contribution in [3.63, 3.8) is 0 Å². The maximum Gasteiger partial charge on any atom is 0.395 e. The first-order valence-electron chi connectivity index (χ1n) is 7.66. The van der Waals surface area contributed by atoms with Gasteiger partial charge in [0, 0.05) is 10.9 Å². The van der Waals surface area contributed by atoms with Crippen molar-refractivity contribution in [2.24, 2.45) is 0 Å². The van der Waals surface area contributed by atoms with Crippen LogP contribution >= 0.6 is 11.3 Å². The maximum absolute atomic E-state index is 12.1. The van der Waals surface area contributed by atoms with E-state index in [0.717, 1.165) is 22.4 Å². The van der Waals surface area contributed by atoms with E-state index in [9.17, 15) is 9.59 Å². The van der Waals surface area contributed by atoms with Gasteiger partial charge >= 0.3 is 11.9 Å². The largest absolute Gasteiger partial charge is 0.474 e. The second-order valence-electron chi connectivity index (χ2n) is 5.57. The second-order valence-corrected chi connectivity index (χ2v) is 6.40. The van der Waals surface area contributed by atoms with Gasteiger partial charge in [0.05, 0.1) is 12.2 Å². The van der Waals surface area contributed by atoms with Crippen LogP contribution in [0.3, 0.4) is 0 Å². The Balaban J connectivity index is 1.94. The number of carboxylic acid groups (broad SMARTS) is 1. The third-order valence-corrected chi connectivity index (χ3v) is 4.51. The van der Waals surface area contributed by atoms with Crippen molar-refractivity contribution in [3.05, 3.63) is 71.1 Å². The van der Waals surface area contributed by atoms with E-state index in [2.05, 4.69) is 4.98 Å². The number of amides is 1. The van der Waals surface area contributed by atoms with Crippen molar-refractivity contribution in [1.29, 1.82) is 0 Å². The van der Waals surface area contributed by atoms with E-state index in [1.807, 2.05) is 66.9 Å². The molecule has 2 aromatic carbocycles. The summed E-state index contributed by atoms with van der Waals surface area (Å²) >= 11 is 1.25. The lowest BCUT2D eigenvalue weighted by Crippen LogP contribution is -2.36. The van der Waals surface area contributed by atoms with Crippen molar-refractivity contribution in [2.75, 3.05) is 4.90 Å². The number of aliphatic carboxylic acids is 1. The van der Waals surface area contributed by atoms with Gasteiger partial charge in [-0.05, 0) is 18.6 Å². The van der Waals surface area contributed by atoms with Crippen LogP contribution in [0, 0.1) is 6.92 Å². The molecule has 0 unspecified atom stereocenters. The van der Waals surface area contributed by atoms with E-state index in [0.29, 0.717) is 5.13 Å². The average molecular weight is 352 g/mol. The van der Waals surface area contributed by atoms with Gasteiger partial charge in [0.2, 0.25) is 0 Å². The zero-order chi connectivity index (χ0) is 17.8.